The van der Waals surface area contributed by atoms with Crippen LogP contribution in [0.4, 0.5) is 4.39 Å². The first-order valence-corrected chi connectivity index (χ1v) is 8.71. The average molecular weight is 350 g/mol. The summed E-state index contributed by atoms with van der Waals surface area (Å²) in [6.07, 6.45) is 3.41. The van der Waals surface area contributed by atoms with Crippen molar-refractivity contribution in [3.05, 3.63) is 47.5 Å². The van der Waals surface area contributed by atoms with Crippen molar-refractivity contribution in [3.8, 4) is 6.07 Å². The Morgan fingerprint density at radius 3 is 2.96 bits per heavy atom. The summed E-state index contributed by atoms with van der Waals surface area (Å²) >= 11 is 0. The highest BCUT2D eigenvalue weighted by atomic mass is 32.2. The zero-order valence-electron chi connectivity index (χ0n) is 12.8. The minimum atomic E-state index is -3.98. The zero-order chi connectivity index (χ0) is 17.3. The molecule has 0 bridgehead atoms. The predicted molar refractivity (Wildman–Crippen MR) is 81.7 cm³/mol. The van der Waals surface area contributed by atoms with Crippen LogP contribution in [0.15, 0.2) is 35.5 Å². The maximum atomic E-state index is 13.2. The minimum absolute atomic E-state index is 0.237. The number of aryl methyl sites for hydroxylation is 1. The van der Waals surface area contributed by atoms with Gasteiger partial charge < -0.3 is 4.74 Å². The number of nitriles is 1. The summed E-state index contributed by atoms with van der Waals surface area (Å²) in [6.45, 7) is 0.404. The van der Waals surface area contributed by atoms with Crippen LogP contribution in [0.1, 0.15) is 23.7 Å². The second-order valence-corrected chi connectivity index (χ2v) is 7.19. The van der Waals surface area contributed by atoms with E-state index in [9.17, 15) is 12.8 Å². The van der Waals surface area contributed by atoms with E-state index in [-0.39, 0.29) is 10.5 Å². The summed E-state index contributed by atoms with van der Waals surface area (Å²) in [5.41, 5.74) is 0.529. The molecule has 0 saturated carbocycles. The third-order valence-electron chi connectivity index (χ3n) is 3.80. The lowest BCUT2D eigenvalue weighted by molar-refractivity contribution is 0.102. The first-order chi connectivity index (χ1) is 11.4. The molecule has 9 heteroatoms. The Balaban J connectivity index is 1.88. The van der Waals surface area contributed by atoms with Crippen LogP contribution in [0.3, 0.4) is 0 Å². The van der Waals surface area contributed by atoms with Crippen molar-refractivity contribution in [3.63, 3.8) is 0 Å². The van der Waals surface area contributed by atoms with Gasteiger partial charge >= 0.3 is 0 Å². The molecule has 2 heterocycles. The molecule has 0 spiro atoms. The third kappa shape index (κ3) is 3.17. The fourth-order valence-electron chi connectivity index (χ4n) is 2.71. The van der Waals surface area contributed by atoms with Gasteiger partial charge in [0, 0.05) is 25.4 Å². The van der Waals surface area contributed by atoms with E-state index in [1.165, 1.54) is 0 Å². The Bertz CT molecular complexity index is 904. The predicted octanol–water partition coefficient (Wildman–Crippen LogP) is 1.24. The maximum Gasteiger partial charge on any atom is 0.242 e. The third-order valence-corrected chi connectivity index (χ3v) is 5.35. The van der Waals surface area contributed by atoms with Gasteiger partial charge in [0.05, 0.1) is 22.7 Å². The average Bonchev–Trinajstić information content (AvgIpc) is 3.15. The molecular weight excluding hydrogens is 335 g/mol. The van der Waals surface area contributed by atoms with Gasteiger partial charge in [-0.25, -0.2) is 17.5 Å². The molecule has 24 heavy (non-hydrogen) atoms. The Kier molecular flexibility index (Phi) is 4.36. The van der Waals surface area contributed by atoms with Gasteiger partial charge in [-0.05, 0) is 24.6 Å². The van der Waals surface area contributed by atoms with E-state index in [2.05, 4.69) is 9.82 Å². The van der Waals surface area contributed by atoms with Gasteiger partial charge in [0.2, 0.25) is 10.0 Å². The van der Waals surface area contributed by atoms with Gasteiger partial charge in [0.25, 0.3) is 0 Å². The van der Waals surface area contributed by atoms with Crippen molar-refractivity contribution in [2.24, 2.45) is 7.05 Å². The molecule has 0 amide bonds. The first-order valence-electron chi connectivity index (χ1n) is 7.23. The summed E-state index contributed by atoms with van der Waals surface area (Å²) < 4.78 is 48.2. The van der Waals surface area contributed by atoms with Crippen LogP contribution < -0.4 is 4.72 Å². The van der Waals surface area contributed by atoms with E-state index in [0.29, 0.717) is 13.0 Å². The molecule has 1 aliphatic rings. The first kappa shape index (κ1) is 16.6. The van der Waals surface area contributed by atoms with Gasteiger partial charge in [-0.3, -0.25) is 4.68 Å². The second-order valence-electron chi connectivity index (χ2n) is 5.51. The molecular formula is C15H15FN4O3S. The highest BCUT2D eigenvalue weighted by molar-refractivity contribution is 7.89. The Labute approximate surface area is 138 Å². The van der Waals surface area contributed by atoms with Gasteiger partial charge in [-0.1, -0.05) is 0 Å². The molecule has 0 aliphatic carbocycles. The number of ether oxygens (including phenoxy) is 1. The van der Waals surface area contributed by atoms with Gasteiger partial charge in [-0.2, -0.15) is 10.4 Å². The molecule has 126 valence electrons. The van der Waals surface area contributed by atoms with Crippen molar-refractivity contribution in [1.82, 2.24) is 14.5 Å². The number of benzene rings is 1. The molecule has 1 aromatic carbocycles. The summed E-state index contributed by atoms with van der Waals surface area (Å²) in [6, 6.07) is 4.22. The molecule has 3 rings (SSSR count). The largest absolute Gasteiger partial charge is 0.372 e. The molecule has 0 radical (unpaired) electrons. The van der Waals surface area contributed by atoms with Crippen LogP contribution in [0.5, 0.6) is 0 Å². The SMILES string of the molecule is Cn1cc([C@H]2OCC[C@@H]2NS(=O)(=O)c2ccc(F)cc2C#N)cn1. The Morgan fingerprint density at radius 1 is 1.50 bits per heavy atom. The fourth-order valence-corrected chi connectivity index (χ4v) is 4.12. The molecule has 0 unspecified atom stereocenters. The van der Waals surface area contributed by atoms with Crippen molar-refractivity contribution in [1.29, 1.82) is 5.26 Å². The van der Waals surface area contributed by atoms with Crippen molar-refractivity contribution in [2.45, 2.75) is 23.5 Å². The minimum Gasteiger partial charge on any atom is -0.372 e. The lowest BCUT2D eigenvalue weighted by Gasteiger charge is -2.19. The topological polar surface area (TPSA) is 97.0 Å². The Hall–Kier alpha value is -2.28. The molecule has 1 saturated heterocycles. The van der Waals surface area contributed by atoms with Crippen molar-refractivity contribution in [2.75, 3.05) is 6.61 Å². The van der Waals surface area contributed by atoms with Gasteiger partial charge in [-0.15, -0.1) is 0 Å². The molecule has 1 aliphatic heterocycles. The number of halogens is 1. The normalized spacial score (nSPS) is 20.9. The summed E-state index contributed by atoms with van der Waals surface area (Å²) in [5, 5.41) is 13.1. The summed E-state index contributed by atoms with van der Waals surface area (Å²) in [7, 11) is -2.22. The van der Waals surface area contributed by atoms with Crippen LogP contribution in [0.25, 0.3) is 0 Å². The van der Waals surface area contributed by atoms with Gasteiger partial charge in [0.1, 0.15) is 18.0 Å². The second kappa shape index (κ2) is 6.32. The standard InChI is InChI=1S/C15H15FN4O3S/c1-20-9-11(8-18-20)15-13(4-5-23-15)19-24(21,22)14-3-2-12(16)6-10(14)7-17/h2-3,6,8-9,13,15,19H,4-5H2,1H3/t13-,15+/m0/s1. The molecule has 2 aromatic rings. The molecule has 1 aromatic heterocycles. The van der Waals surface area contributed by atoms with Crippen LogP contribution in [0.2, 0.25) is 0 Å². The number of hydrogen-bond acceptors (Lipinski definition) is 5. The summed E-state index contributed by atoms with van der Waals surface area (Å²) in [4.78, 5) is -0.247. The van der Waals surface area contributed by atoms with Crippen LogP contribution in [0, 0.1) is 17.1 Å². The smallest absolute Gasteiger partial charge is 0.242 e. The summed E-state index contributed by atoms with van der Waals surface area (Å²) in [5.74, 6) is -0.664. The fraction of sp³-hybridized carbons (Fsp3) is 0.333. The van der Waals surface area contributed by atoms with Crippen molar-refractivity contribution < 1.29 is 17.5 Å². The van der Waals surface area contributed by atoms with E-state index in [4.69, 9.17) is 10.00 Å². The number of aromatic nitrogens is 2. The molecule has 1 fully saturated rings. The highest BCUT2D eigenvalue weighted by Gasteiger charge is 2.34. The molecule has 7 nitrogen and oxygen atoms in total. The monoisotopic (exact) mass is 350 g/mol. The number of sulfonamides is 1. The molecule has 1 N–H and O–H groups in total. The molecule has 2 atom stereocenters. The number of hydrogen-bond donors (Lipinski definition) is 1. The van der Waals surface area contributed by atoms with E-state index in [0.717, 1.165) is 23.8 Å². The van der Waals surface area contributed by atoms with Gasteiger partial charge in [0.15, 0.2) is 0 Å². The number of rotatable bonds is 4. The zero-order valence-corrected chi connectivity index (χ0v) is 13.6. The highest BCUT2D eigenvalue weighted by Crippen LogP contribution is 2.30. The van der Waals surface area contributed by atoms with E-state index < -0.39 is 28.0 Å². The Morgan fingerprint density at radius 2 is 2.29 bits per heavy atom. The quantitative estimate of drug-likeness (QED) is 0.895. The van der Waals surface area contributed by atoms with Crippen LogP contribution in [-0.2, 0) is 21.8 Å². The van der Waals surface area contributed by atoms with Crippen LogP contribution in [-0.4, -0.2) is 30.8 Å². The lowest BCUT2D eigenvalue weighted by Crippen LogP contribution is -2.37. The van der Waals surface area contributed by atoms with E-state index in [1.807, 2.05) is 0 Å². The van der Waals surface area contributed by atoms with Crippen LogP contribution >= 0.6 is 0 Å². The number of nitrogens with one attached hydrogen (secondary N) is 1. The number of nitrogens with zero attached hydrogens (tertiary/aromatic N) is 3. The lowest BCUT2D eigenvalue weighted by atomic mass is 10.1. The van der Waals surface area contributed by atoms with E-state index >= 15 is 0 Å². The van der Waals surface area contributed by atoms with E-state index in [1.54, 1.807) is 30.2 Å². The van der Waals surface area contributed by atoms with Crippen molar-refractivity contribution >= 4 is 10.0 Å². The maximum absolute atomic E-state index is 13.2.